The van der Waals surface area contributed by atoms with Crippen LogP contribution in [0.2, 0.25) is 0 Å². The molecule has 0 spiro atoms. The number of para-hydroxylation sites is 2. The van der Waals surface area contributed by atoms with Crippen molar-refractivity contribution in [3.8, 4) is 0 Å². The zero-order valence-corrected chi connectivity index (χ0v) is 16.6. The maximum Gasteiger partial charge on any atom is 0.419 e. The van der Waals surface area contributed by atoms with E-state index in [0.29, 0.717) is 31.0 Å². The number of amides is 1. The van der Waals surface area contributed by atoms with Crippen LogP contribution in [0.3, 0.4) is 0 Å². The van der Waals surface area contributed by atoms with Crippen LogP contribution in [0, 0.1) is 0 Å². The molecule has 0 aliphatic rings. The van der Waals surface area contributed by atoms with E-state index in [9.17, 15) is 9.59 Å². The van der Waals surface area contributed by atoms with Crippen LogP contribution in [0.15, 0.2) is 57.7 Å². The van der Waals surface area contributed by atoms with E-state index in [1.54, 1.807) is 10.6 Å². The number of rotatable bonds is 8. The zero-order valence-electron chi connectivity index (χ0n) is 16.6. The molecule has 0 saturated carbocycles. The lowest BCUT2D eigenvalue weighted by molar-refractivity contribution is -0.116. The summed E-state index contributed by atoms with van der Waals surface area (Å²) in [5, 5.41) is 2.92. The smallest absolute Gasteiger partial charge is 0.408 e. The number of nitrogens with one attached hydrogen (secondary N) is 1. The molecule has 3 rings (SSSR count). The van der Waals surface area contributed by atoms with Gasteiger partial charge in [0.25, 0.3) is 0 Å². The van der Waals surface area contributed by atoms with Gasteiger partial charge in [-0.15, -0.1) is 0 Å². The van der Waals surface area contributed by atoms with Gasteiger partial charge in [-0.25, -0.2) is 4.79 Å². The summed E-state index contributed by atoms with van der Waals surface area (Å²) in [4.78, 5) is 26.5. The third kappa shape index (κ3) is 4.44. The van der Waals surface area contributed by atoms with Crippen molar-refractivity contribution in [3.63, 3.8) is 0 Å². The van der Waals surface area contributed by atoms with Crippen LogP contribution in [0.25, 0.3) is 11.1 Å². The Kier molecular flexibility index (Phi) is 6.19. The number of aromatic nitrogens is 1. The number of hydrogen-bond donors (Lipinski definition) is 1. The molecule has 6 nitrogen and oxygen atoms in total. The first-order valence-corrected chi connectivity index (χ1v) is 9.74. The molecule has 2 aromatic carbocycles. The molecule has 0 bridgehead atoms. The average molecular weight is 381 g/mol. The van der Waals surface area contributed by atoms with Crippen molar-refractivity contribution in [2.24, 2.45) is 0 Å². The summed E-state index contributed by atoms with van der Waals surface area (Å²) in [6.45, 7) is 7.83. The first-order valence-electron chi connectivity index (χ1n) is 9.74. The van der Waals surface area contributed by atoms with Gasteiger partial charge in [-0.2, -0.15) is 0 Å². The van der Waals surface area contributed by atoms with Crippen molar-refractivity contribution in [1.29, 1.82) is 0 Å². The van der Waals surface area contributed by atoms with Crippen LogP contribution in [0.1, 0.15) is 33.6 Å². The summed E-state index contributed by atoms with van der Waals surface area (Å²) >= 11 is 0. The minimum atomic E-state index is -0.386. The summed E-state index contributed by atoms with van der Waals surface area (Å²) in [6, 6.07) is 15.6. The van der Waals surface area contributed by atoms with Gasteiger partial charge < -0.3 is 14.6 Å². The predicted octanol–water partition coefficient (Wildman–Crippen LogP) is 4.25. The Morgan fingerprint density at radius 3 is 2.54 bits per heavy atom. The Balaban J connectivity index is 1.54. The highest BCUT2D eigenvalue weighted by Gasteiger charge is 2.10. The molecule has 0 aliphatic heterocycles. The Morgan fingerprint density at radius 2 is 1.86 bits per heavy atom. The van der Waals surface area contributed by atoms with Crippen molar-refractivity contribution in [3.05, 3.63) is 59.1 Å². The Bertz CT molecular complexity index is 986. The molecule has 1 heterocycles. The number of anilines is 2. The summed E-state index contributed by atoms with van der Waals surface area (Å²) in [5.74, 6) is -0.451. The number of carbonyl (C=O) groups is 1. The Labute approximate surface area is 164 Å². The zero-order chi connectivity index (χ0) is 20.1. The van der Waals surface area contributed by atoms with Crippen LogP contribution in [-0.4, -0.2) is 23.1 Å². The first-order chi connectivity index (χ1) is 13.5. The highest BCUT2D eigenvalue weighted by molar-refractivity contribution is 5.90. The number of hydrogen-bond acceptors (Lipinski definition) is 4. The summed E-state index contributed by atoms with van der Waals surface area (Å²) in [6.07, 6.45) is 0.894. The van der Waals surface area contributed by atoms with Crippen LogP contribution in [0.4, 0.5) is 11.4 Å². The molecular weight excluding hydrogens is 354 g/mol. The molecule has 1 aromatic heterocycles. The molecular formula is C22H27N3O3. The van der Waals surface area contributed by atoms with Crippen molar-refractivity contribution < 1.29 is 9.21 Å². The van der Waals surface area contributed by atoms with Crippen molar-refractivity contribution in [2.75, 3.05) is 16.8 Å². The molecule has 0 radical (unpaired) electrons. The van der Waals surface area contributed by atoms with E-state index in [0.717, 1.165) is 23.4 Å². The van der Waals surface area contributed by atoms with E-state index in [2.05, 4.69) is 31.0 Å². The third-order valence-corrected chi connectivity index (χ3v) is 4.81. The quantitative estimate of drug-likeness (QED) is 0.633. The van der Waals surface area contributed by atoms with Crippen molar-refractivity contribution in [1.82, 2.24) is 4.57 Å². The largest absolute Gasteiger partial charge is 0.419 e. The van der Waals surface area contributed by atoms with E-state index in [-0.39, 0.29) is 11.7 Å². The second-order valence-corrected chi connectivity index (χ2v) is 7.07. The highest BCUT2D eigenvalue weighted by atomic mass is 16.4. The summed E-state index contributed by atoms with van der Waals surface area (Å²) < 4.78 is 6.78. The second kappa shape index (κ2) is 8.78. The normalized spacial score (nSPS) is 11.1. The van der Waals surface area contributed by atoms with E-state index in [1.165, 1.54) is 0 Å². The SMILES string of the molecule is CCN(c1ccc(NC(=O)CCCn2c(=O)oc3ccccc32)cc1)C(C)C. The fourth-order valence-corrected chi connectivity index (χ4v) is 3.43. The molecule has 3 aromatic rings. The van der Waals surface area contributed by atoms with E-state index >= 15 is 0 Å². The summed E-state index contributed by atoms with van der Waals surface area (Å²) in [7, 11) is 0. The standard InChI is InChI=1S/C22H27N3O3/c1-4-24(16(2)3)18-13-11-17(12-14-18)23-21(26)10-7-15-25-19-8-5-6-9-20(19)28-22(25)27/h5-6,8-9,11-14,16H,4,7,10,15H2,1-3H3,(H,23,26). The third-order valence-electron chi connectivity index (χ3n) is 4.81. The summed E-state index contributed by atoms with van der Waals surface area (Å²) in [5.41, 5.74) is 3.25. The molecule has 1 amide bonds. The van der Waals surface area contributed by atoms with Gasteiger partial charge in [0, 0.05) is 36.9 Å². The molecule has 0 saturated heterocycles. The van der Waals surface area contributed by atoms with Gasteiger partial charge in [0.15, 0.2) is 5.58 Å². The number of nitrogens with zero attached hydrogens (tertiary/aromatic N) is 2. The number of aryl methyl sites for hydroxylation is 1. The van der Waals surface area contributed by atoms with Crippen molar-refractivity contribution >= 4 is 28.4 Å². The van der Waals surface area contributed by atoms with Crippen LogP contribution < -0.4 is 16.0 Å². The lowest BCUT2D eigenvalue weighted by atomic mass is 10.2. The van der Waals surface area contributed by atoms with Crippen LogP contribution in [-0.2, 0) is 11.3 Å². The van der Waals surface area contributed by atoms with Crippen molar-refractivity contribution in [2.45, 2.75) is 46.2 Å². The number of fused-ring (bicyclic) bond motifs is 1. The lowest BCUT2D eigenvalue weighted by Crippen LogP contribution is -2.30. The van der Waals surface area contributed by atoms with Gasteiger partial charge in [0.05, 0.1) is 5.52 Å². The molecule has 0 aliphatic carbocycles. The topological polar surface area (TPSA) is 67.5 Å². The Hall–Kier alpha value is -3.02. The first kappa shape index (κ1) is 19.7. The average Bonchev–Trinajstić information content (AvgIpc) is 2.99. The van der Waals surface area contributed by atoms with Crippen LogP contribution >= 0.6 is 0 Å². The maximum absolute atomic E-state index is 12.2. The van der Waals surface area contributed by atoms with E-state index in [4.69, 9.17) is 4.42 Å². The minimum Gasteiger partial charge on any atom is -0.408 e. The monoisotopic (exact) mass is 381 g/mol. The van der Waals surface area contributed by atoms with Crippen LogP contribution in [0.5, 0.6) is 0 Å². The fourth-order valence-electron chi connectivity index (χ4n) is 3.43. The van der Waals surface area contributed by atoms with Gasteiger partial charge in [-0.3, -0.25) is 9.36 Å². The fraction of sp³-hybridized carbons (Fsp3) is 0.364. The van der Waals surface area contributed by atoms with Gasteiger partial charge in [-0.1, -0.05) is 12.1 Å². The second-order valence-electron chi connectivity index (χ2n) is 7.07. The van der Waals surface area contributed by atoms with Gasteiger partial charge in [0.1, 0.15) is 0 Å². The highest BCUT2D eigenvalue weighted by Crippen LogP contribution is 2.20. The van der Waals surface area contributed by atoms with Gasteiger partial charge >= 0.3 is 5.76 Å². The molecule has 6 heteroatoms. The molecule has 0 unspecified atom stereocenters. The molecule has 1 N–H and O–H groups in total. The van der Waals surface area contributed by atoms with Gasteiger partial charge in [0.2, 0.25) is 5.91 Å². The van der Waals surface area contributed by atoms with Gasteiger partial charge in [-0.05, 0) is 63.6 Å². The molecule has 28 heavy (non-hydrogen) atoms. The molecule has 0 fully saturated rings. The predicted molar refractivity (Wildman–Crippen MR) is 113 cm³/mol. The number of oxazole rings is 1. The van der Waals surface area contributed by atoms with E-state index < -0.39 is 0 Å². The lowest BCUT2D eigenvalue weighted by Gasteiger charge is -2.27. The number of carbonyl (C=O) groups excluding carboxylic acids is 1. The number of benzene rings is 2. The molecule has 0 atom stereocenters. The minimum absolute atomic E-state index is 0.0650. The Morgan fingerprint density at radius 1 is 1.14 bits per heavy atom. The molecule has 148 valence electrons. The maximum atomic E-state index is 12.2. The van der Waals surface area contributed by atoms with E-state index in [1.807, 2.05) is 42.5 Å².